The number of hydrogen-bond donors (Lipinski definition) is 1. The predicted molar refractivity (Wildman–Crippen MR) is 167 cm³/mol. The minimum absolute atomic E-state index is 0.00351. The van der Waals surface area contributed by atoms with E-state index in [-0.39, 0.29) is 72.2 Å². The number of nitrogens with one attached hydrogen (secondary N) is 1. The van der Waals surface area contributed by atoms with Crippen molar-refractivity contribution in [2.75, 3.05) is 28.4 Å². The maximum atomic E-state index is 13.7. The van der Waals surface area contributed by atoms with Crippen LogP contribution in [-0.4, -0.2) is 79.7 Å². The molecule has 15 heteroatoms. The summed E-state index contributed by atoms with van der Waals surface area (Å²) in [5.41, 5.74) is -0.120. The number of methoxy groups -OCH3 is 4. The number of esters is 5. The molecule has 0 spiro atoms. The summed E-state index contributed by atoms with van der Waals surface area (Å²) in [6, 6.07) is 8.96. The first-order valence-electron chi connectivity index (χ1n) is 15.0. The summed E-state index contributed by atoms with van der Waals surface area (Å²) in [6.45, 7) is 3.17. The van der Waals surface area contributed by atoms with E-state index in [1.165, 1.54) is 28.3 Å². The van der Waals surface area contributed by atoms with Gasteiger partial charge < -0.3 is 28.7 Å². The summed E-state index contributed by atoms with van der Waals surface area (Å²) in [5, 5.41) is 3.64. The normalized spacial score (nSPS) is 16.3. The topological polar surface area (TPSA) is 197 Å². The molecule has 3 rings (SSSR count). The van der Waals surface area contributed by atoms with Gasteiger partial charge in [0.05, 0.1) is 52.1 Å². The van der Waals surface area contributed by atoms with Gasteiger partial charge in [-0.05, 0) is 49.0 Å². The minimum Gasteiger partial charge on any atom is -0.469 e. The molecule has 1 aromatic heterocycles. The third-order valence-corrected chi connectivity index (χ3v) is 8.31. The Hall–Kier alpha value is -5.34. The van der Waals surface area contributed by atoms with Crippen molar-refractivity contribution < 1.29 is 52.5 Å². The van der Waals surface area contributed by atoms with Crippen molar-refractivity contribution >= 4 is 35.8 Å². The number of amides is 1. The molecular weight excluding hydrogens is 630 g/mol. The lowest BCUT2D eigenvalue weighted by Gasteiger charge is -2.32. The Kier molecular flexibility index (Phi) is 12.7. The van der Waals surface area contributed by atoms with Crippen LogP contribution in [0.4, 0.5) is 0 Å². The molecule has 2 heterocycles. The van der Waals surface area contributed by atoms with E-state index in [1.807, 2.05) is 6.07 Å². The number of hydrogen-bond acceptors (Lipinski definition) is 13. The lowest BCUT2D eigenvalue weighted by molar-refractivity contribution is -0.141. The van der Waals surface area contributed by atoms with E-state index in [4.69, 9.17) is 23.7 Å². The van der Waals surface area contributed by atoms with E-state index in [0.29, 0.717) is 10.6 Å². The Bertz CT molecular complexity index is 1600. The summed E-state index contributed by atoms with van der Waals surface area (Å²) in [6.07, 6.45) is -2.38. The quantitative estimate of drug-likeness (QED) is 0.156. The van der Waals surface area contributed by atoms with Crippen LogP contribution in [0.15, 0.2) is 46.8 Å². The zero-order valence-corrected chi connectivity index (χ0v) is 27.7. The van der Waals surface area contributed by atoms with Gasteiger partial charge in [0.15, 0.2) is 0 Å². The largest absolute Gasteiger partial charge is 0.469 e. The monoisotopic (exact) mass is 669 g/mol. The van der Waals surface area contributed by atoms with Gasteiger partial charge >= 0.3 is 29.8 Å². The lowest BCUT2D eigenvalue weighted by Crippen LogP contribution is -2.45. The molecule has 1 aliphatic rings. The molecule has 1 aliphatic heterocycles. The maximum absolute atomic E-state index is 13.7. The molecule has 48 heavy (non-hydrogen) atoms. The van der Waals surface area contributed by atoms with Crippen LogP contribution in [0.25, 0.3) is 0 Å². The molecule has 1 amide bonds. The van der Waals surface area contributed by atoms with Crippen LogP contribution in [0.1, 0.15) is 78.5 Å². The van der Waals surface area contributed by atoms with Crippen molar-refractivity contribution in [3.63, 3.8) is 0 Å². The number of carbonyl (C=O) groups is 6. The van der Waals surface area contributed by atoms with E-state index in [1.54, 1.807) is 31.2 Å². The molecule has 2 aromatic rings. The second-order valence-corrected chi connectivity index (χ2v) is 11.2. The van der Waals surface area contributed by atoms with E-state index in [2.05, 4.69) is 10.3 Å². The van der Waals surface area contributed by atoms with Crippen LogP contribution >= 0.6 is 0 Å². The Labute approximate surface area is 276 Å². The number of aromatic amines is 1. The van der Waals surface area contributed by atoms with Gasteiger partial charge in [0.25, 0.3) is 5.91 Å². The van der Waals surface area contributed by atoms with E-state index >= 15 is 0 Å². The zero-order chi connectivity index (χ0) is 35.6. The molecule has 258 valence electrons. The fourth-order valence-electron chi connectivity index (χ4n) is 5.69. The number of rotatable bonds is 16. The number of aromatic nitrogens is 1. The molecule has 15 nitrogen and oxygen atoms in total. The molecule has 0 fully saturated rings. The van der Waals surface area contributed by atoms with Crippen LogP contribution in [0.3, 0.4) is 0 Å². The highest BCUT2D eigenvalue weighted by Crippen LogP contribution is 2.43. The Morgan fingerprint density at radius 1 is 0.833 bits per heavy atom. The van der Waals surface area contributed by atoms with Crippen molar-refractivity contribution in [1.82, 2.24) is 9.99 Å². The van der Waals surface area contributed by atoms with Gasteiger partial charge in [-0.2, -0.15) is 5.01 Å². The molecule has 0 bridgehead atoms. The van der Waals surface area contributed by atoms with Crippen LogP contribution in [0.2, 0.25) is 0 Å². The van der Waals surface area contributed by atoms with Crippen LogP contribution < -0.4 is 0 Å². The van der Waals surface area contributed by atoms with Gasteiger partial charge in [-0.3, -0.25) is 24.0 Å². The zero-order valence-electron chi connectivity index (χ0n) is 27.7. The van der Waals surface area contributed by atoms with Crippen molar-refractivity contribution in [3.8, 4) is 0 Å². The average molecular weight is 670 g/mol. The van der Waals surface area contributed by atoms with Crippen LogP contribution in [-0.2, 0) is 66.9 Å². The van der Waals surface area contributed by atoms with Gasteiger partial charge in [0.2, 0.25) is 0 Å². The molecule has 0 aliphatic carbocycles. The van der Waals surface area contributed by atoms with Gasteiger partial charge in [0, 0.05) is 30.5 Å². The number of nitrogens with zero attached hydrogens (tertiary/aromatic N) is 2. The van der Waals surface area contributed by atoms with E-state index in [0.717, 1.165) is 7.11 Å². The second-order valence-electron chi connectivity index (χ2n) is 11.2. The molecule has 0 radical (unpaired) electrons. The summed E-state index contributed by atoms with van der Waals surface area (Å²) in [7, 11) is 4.73. The predicted octanol–water partition coefficient (Wildman–Crippen LogP) is 3.39. The second kappa shape index (κ2) is 16.5. The highest BCUT2D eigenvalue weighted by Gasteiger charge is 2.51. The van der Waals surface area contributed by atoms with E-state index < -0.39 is 53.8 Å². The molecule has 1 N–H and O–H groups in total. The third kappa shape index (κ3) is 8.32. The fourth-order valence-corrected chi connectivity index (χ4v) is 5.69. The molecule has 0 unspecified atom stereocenters. The van der Waals surface area contributed by atoms with Crippen LogP contribution in [0.5, 0.6) is 0 Å². The summed E-state index contributed by atoms with van der Waals surface area (Å²) in [5.74, 6) is -4.26. The highest BCUT2D eigenvalue weighted by molar-refractivity contribution is 6.00. The Morgan fingerprint density at radius 3 is 1.96 bits per heavy atom. The number of nitroso groups, excluding NO2 is 1. The smallest absolute Gasteiger partial charge is 0.355 e. The summed E-state index contributed by atoms with van der Waals surface area (Å²) in [4.78, 5) is 92.0. The number of benzene rings is 1. The fraction of sp³-hybridized carbons (Fsp3) is 0.455. The number of carbonyl (C=O) groups excluding carboxylic acids is 6. The minimum atomic E-state index is -1.63. The first-order valence-corrected chi connectivity index (χ1v) is 15.0. The number of H-pyrrole nitrogens is 1. The standard InChI is InChI=1S/C33H39N3O12/c1-19(20-10-8-7-9-11-20)48-32(42)30-21(12-14-26(37)44-3)23(16-28(39)46-5)25(34-30)18-33(2)24(17-29(40)47-6)22(13-15-27(38)45-4)31(41)36(33)35-43/h7-11,19,34H,12-18H2,1-6H3/t19-,33-/m1/s1. The average Bonchev–Trinajstić information content (AvgIpc) is 3.51. The van der Waals surface area contributed by atoms with Gasteiger partial charge in [0.1, 0.15) is 11.8 Å². The number of ether oxygens (including phenoxy) is 5. The molecule has 2 atom stereocenters. The molecule has 0 saturated heterocycles. The van der Waals surface area contributed by atoms with Gasteiger partial charge in [-0.25, -0.2) is 4.79 Å². The lowest BCUT2D eigenvalue weighted by atomic mass is 9.83. The summed E-state index contributed by atoms with van der Waals surface area (Å²) >= 11 is 0. The van der Waals surface area contributed by atoms with Gasteiger partial charge in [-0.15, -0.1) is 4.91 Å². The molecule has 1 aromatic carbocycles. The Morgan fingerprint density at radius 2 is 1.40 bits per heavy atom. The van der Waals surface area contributed by atoms with Crippen molar-refractivity contribution in [1.29, 1.82) is 0 Å². The van der Waals surface area contributed by atoms with Crippen molar-refractivity contribution in [3.05, 3.63) is 74.5 Å². The SMILES string of the molecule is COC(=O)CCC1=C(CC(=O)OC)[C@@](C)(Cc2[nH]c(C(=O)O[C@H](C)c3ccccc3)c(CCC(=O)OC)c2CC(=O)OC)N(N=O)C1=O. The first-order chi connectivity index (χ1) is 22.8. The molecule has 0 saturated carbocycles. The van der Waals surface area contributed by atoms with Crippen molar-refractivity contribution in [2.45, 2.75) is 70.4 Å². The molecular formula is C33H39N3O12. The summed E-state index contributed by atoms with van der Waals surface area (Å²) < 4.78 is 25.1. The Balaban J connectivity index is 2.22. The van der Waals surface area contributed by atoms with Gasteiger partial charge in [-0.1, -0.05) is 30.3 Å². The van der Waals surface area contributed by atoms with E-state index in [9.17, 15) is 33.7 Å². The third-order valence-electron chi connectivity index (χ3n) is 8.31. The first kappa shape index (κ1) is 37.1. The van der Waals surface area contributed by atoms with Crippen molar-refractivity contribution in [2.24, 2.45) is 5.29 Å². The highest BCUT2D eigenvalue weighted by atomic mass is 16.5. The van der Waals surface area contributed by atoms with Crippen LogP contribution in [0, 0.1) is 4.91 Å². The maximum Gasteiger partial charge on any atom is 0.355 e.